The van der Waals surface area contributed by atoms with Gasteiger partial charge in [-0.05, 0) is 87.3 Å². The molecule has 2 atom stereocenters. The molecule has 0 radical (unpaired) electrons. The first-order valence-electron chi connectivity index (χ1n) is 14.0. The van der Waals surface area contributed by atoms with Crippen LogP contribution in [0.15, 0.2) is 30.3 Å². The number of carbonyl (C=O) groups is 1. The number of aromatic nitrogens is 1. The molecule has 0 bridgehead atoms. The van der Waals surface area contributed by atoms with E-state index in [2.05, 4.69) is 22.3 Å². The van der Waals surface area contributed by atoms with Crippen LogP contribution in [-0.4, -0.2) is 66.8 Å². The number of nitrogens with one attached hydrogen (secondary N) is 1. The predicted octanol–water partition coefficient (Wildman–Crippen LogP) is 4.63. The van der Waals surface area contributed by atoms with E-state index in [1.807, 2.05) is 6.92 Å². The van der Waals surface area contributed by atoms with Crippen molar-refractivity contribution in [2.75, 3.05) is 44.8 Å². The normalized spacial score (nSPS) is 21.4. The Morgan fingerprint density at radius 1 is 1.29 bits per heavy atom. The first-order valence-corrected chi connectivity index (χ1v) is 14.0. The van der Waals surface area contributed by atoms with Crippen LogP contribution in [0.2, 0.25) is 0 Å². The fourth-order valence-electron chi connectivity index (χ4n) is 5.64. The number of anilines is 1. The number of Topliss-reactive ketones (excluding diaryl/α,β-unsaturated/α-hetero) is 1. The maximum atomic E-state index is 14.3. The average Bonchev–Trinajstić information content (AvgIpc) is 3.35. The van der Waals surface area contributed by atoms with Crippen LogP contribution in [0.4, 0.5) is 10.2 Å². The van der Waals surface area contributed by atoms with E-state index in [-0.39, 0.29) is 23.3 Å². The SMILES string of the molecule is CC(=O)C(c1cc(F)ccc1COC1(C)COC1)N1CC[C@@H](OCCCCc2ccc3c(n2)NCCC3)C1. The van der Waals surface area contributed by atoms with E-state index in [1.54, 1.807) is 13.0 Å². The number of ether oxygens (including phenoxy) is 3. The highest BCUT2D eigenvalue weighted by atomic mass is 19.1. The highest BCUT2D eigenvalue weighted by Gasteiger charge is 2.36. The zero-order valence-electron chi connectivity index (χ0n) is 22.6. The molecule has 4 heterocycles. The third kappa shape index (κ3) is 6.60. The van der Waals surface area contributed by atoms with E-state index in [0.717, 1.165) is 62.3 Å². The topological polar surface area (TPSA) is 72.9 Å². The summed E-state index contributed by atoms with van der Waals surface area (Å²) in [6, 6.07) is 8.51. The minimum absolute atomic E-state index is 0.00253. The monoisotopic (exact) mass is 525 g/mol. The molecular weight excluding hydrogens is 485 g/mol. The smallest absolute Gasteiger partial charge is 0.151 e. The lowest BCUT2D eigenvalue weighted by atomic mass is 9.96. The predicted molar refractivity (Wildman–Crippen MR) is 144 cm³/mol. The molecule has 0 aliphatic carbocycles. The number of ketones is 1. The zero-order chi connectivity index (χ0) is 26.5. The number of hydrogen-bond donors (Lipinski definition) is 1. The molecule has 2 aromatic rings. The van der Waals surface area contributed by atoms with E-state index in [1.165, 1.54) is 24.1 Å². The number of halogens is 1. The molecule has 0 spiro atoms. The van der Waals surface area contributed by atoms with Crippen molar-refractivity contribution in [2.45, 2.75) is 76.7 Å². The molecule has 1 unspecified atom stereocenters. The van der Waals surface area contributed by atoms with Crippen LogP contribution in [-0.2, 0) is 38.5 Å². The molecule has 5 rings (SSSR count). The third-order valence-electron chi connectivity index (χ3n) is 7.85. The Kier molecular flexibility index (Phi) is 8.73. The number of nitrogens with zero attached hydrogens (tertiary/aromatic N) is 2. The minimum atomic E-state index is -0.507. The first kappa shape index (κ1) is 27.2. The Balaban J connectivity index is 1.11. The minimum Gasteiger partial charge on any atom is -0.377 e. The molecule has 206 valence electrons. The van der Waals surface area contributed by atoms with Crippen molar-refractivity contribution in [1.82, 2.24) is 9.88 Å². The highest BCUT2D eigenvalue weighted by molar-refractivity contribution is 5.83. The number of benzene rings is 1. The summed E-state index contributed by atoms with van der Waals surface area (Å²) in [5.74, 6) is 0.711. The lowest BCUT2D eigenvalue weighted by molar-refractivity contribution is -0.204. The van der Waals surface area contributed by atoms with Gasteiger partial charge >= 0.3 is 0 Å². The van der Waals surface area contributed by atoms with Gasteiger partial charge in [0.1, 0.15) is 17.2 Å². The summed E-state index contributed by atoms with van der Waals surface area (Å²) in [5, 5.41) is 3.40. The number of fused-ring (bicyclic) bond motifs is 1. The Morgan fingerprint density at radius 2 is 2.16 bits per heavy atom. The molecule has 1 N–H and O–H groups in total. The molecule has 38 heavy (non-hydrogen) atoms. The molecule has 8 heteroatoms. The fourth-order valence-corrected chi connectivity index (χ4v) is 5.64. The summed E-state index contributed by atoms with van der Waals surface area (Å²) in [5.41, 5.74) is 3.65. The van der Waals surface area contributed by atoms with Crippen molar-refractivity contribution in [1.29, 1.82) is 0 Å². The fraction of sp³-hybridized carbons (Fsp3) is 0.600. The summed E-state index contributed by atoms with van der Waals surface area (Å²) in [4.78, 5) is 19.7. The van der Waals surface area contributed by atoms with E-state index >= 15 is 0 Å². The van der Waals surface area contributed by atoms with Crippen LogP contribution >= 0.6 is 0 Å². The van der Waals surface area contributed by atoms with Crippen LogP contribution in [0.3, 0.4) is 0 Å². The largest absolute Gasteiger partial charge is 0.377 e. The number of likely N-dealkylation sites (tertiary alicyclic amines) is 1. The quantitative estimate of drug-likeness (QED) is 0.405. The second kappa shape index (κ2) is 12.2. The van der Waals surface area contributed by atoms with Gasteiger partial charge in [-0.1, -0.05) is 12.1 Å². The van der Waals surface area contributed by atoms with Crippen molar-refractivity contribution in [2.24, 2.45) is 0 Å². The molecule has 0 amide bonds. The molecule has 3 aliphatic heterocycles. The van der Waals surface area contributed by atoms with Crippen LogP contribution in [0.25, 0.3) is 0 Å². The van der Waals surface area contributed by atoms with Crippen molar-refractivity contribution < 1.29 is 23.4 Å². The van der Waals surface area contributed by atoms with Gasteiger partial charge in [-0.3, -0.25) is 9.69 Å². The molecular formula is C30H40FN3O4. The van der Waals surface area contributed by atoms with Crippen LogP contribution in [0.1, 0.15) is 68.0 Å². The van der Waals surface area contributed by atoms with Crippen molar-refractivity contribution in [3.63, 3.8) is 0 Å². The van der Waals surface area contributed by atoms with Gasteiger partial charge in [-0.15, -0.1) is 0 Å². The van der Waals surface area contributed by atoms with Crippen LogP contribution in [0, 0.1) is 5.82 Å². The van der Waals surface area contributed by atoms with Gasteiger partial charge in [0.15, 0.2) is 5.78 Å². The van der Waals surface area contributed by atoms with Gasteiger partial charge in [0, 0.05) is 31.9 Å². The molecule has 0 saturated carbocycles. The van der Waals surface area contributed by atoms with Gasteiger partial charge in [-0.25, -0.2) is 9.37 Å². The number of carbonyl (C=O) groups excluding carboxylic acids is 1. The Hall–Kier alpha value is -2.39. The summed E-state index contributed by atoms with van der Waals surface area (Å²) >= 11 is 0. The number of pyridine rings is 1. The van der Waals surface area contributed by atoms with Gasteiger partial charge in [-0.2, -0.15) is 0 Å². The second-order valence-corrected chi connectivity index (χ2v) is 11.2. The van der Waals surface area contributed by atoms with E-state index in [0.29, 0.717) is 38.5 Å². The lowest BCUT2D eigenvalue weighted by Crippen LogP contribution is -2.49. The number of unbranched alkanes of at least 4 members (excludes halogenated alkanes) is 1. The summed E-state index contributed by atoms with van der Waals surface area (Å²) < 4.78 is 31.9. The van der Waals surface area contributed by atoms with Crippen molar-refractivity contribution in [3.8, 4) is 0 Å². The lowest BCUT2D eigenvalue weighted by Gasteiger charge is -2.38. The Bertz CT molecular complexity index is 1120. The third-order valence-corrected chi connectivity index (χ3v) is 7.85. The zero-order valence-corrected chi connectivity index (χ0v) is 22.6. The first-order chi connectivity index (χ1) is 18.4. The maximum Gasteiger partial charge on any atom is 0.151 e. The summed E-state index contributed by atoms with van der Waals surface area (Å²) in [6.45, 7) is 8.09. The highest BCUT2D eigenvalue weighted by Crippen LogP contribution is 2.32. The molecule has 1 aromatic carbocycles. The second-order valence-electron chi connectivity index (χ2n) is 11.2. The molecule has 2 saturated heterocycles. The number of rotatable bonds is 12. The van der Waals surface area contributed by atoms with Crippen molar-refractivity contribution in [3.05, 3.63) is 58.5 Å². The van der Waals surface area contributed by atoms with Crippen LogP contribution in [0.5, 0.6) is 0 Å². The van der Waals surface area contributed by atoms with Gasteiger partial charge in [0.25, 0.3) is 0 Å². The summed E-state index contributed by atoms with van der Waals surface area (Å²) in [6.07, 6.45) is 6.14. The Labute approximate surface area is 225 Å². The van der Waals surface area contributed by atoms with Crippen molar-refractivity contribution >= 4 is 11.6 Å². The van der Waals surface area contributed by atoms with E-state index in [9.17, 15) is 9.18 Å². The maximum absolute atomic E-state index is 14.3. The molecule has 7 nitrogen and oxygen atoms in total. The van der Waals surface area contributed by atoms with Gasteiger partial charge in [0.05, 0.1) is 32.0 Å². The molecule has 1 aromatic heterocycles. The average molecular weight is 526 g/mol. The van der Waals surface area contributed by atoms with E-state index < -0.39 is 6.04 Å². The van der Waals surface area contributed by atoms with E-state index in [4.69, 9.17) is 19.2 Å². The number of hydrogen-bond acceptors (Lipinski definition) is 7. The summed E-state index contributed by atoms with van der Waals surface area (Å²) in [7, 11) is 0. The molecule has 2 fully saturated rings. The number of aryl methyl sites for hydroxylation is 2. The van der Waals surface area contributed by atoms with Gasteiger partial charge < -0.3 is 19.5 Å². The van der Waals surface area contributed by atoms with Gasteiger partial charge in [0.2, 0.25) is 0 Å². The van der Waals surface area contributed by atoms with Crippen LogP contribution < -0.4 is 5.32 Å². The molecule has 3 aliphatic rings. The Morgan fingerprint density at radius 3 is 2.95 bits per heavy atom. The standard InChI is InChI=1S/C30H40FN3O4/c1-21(35)28(27-16-24(31)10-8-23(27)18-38-30(2)19-36-20-30)34-14-12-26(17-34)37-15-4-3-7-25-11-9-22-6-5-13-32-29(22)33-25/h8-11,16,26,28H,3-7,12-15,17-20H2,1-2H3,(H,32,33)/t26-,28?/m1/s1.